The van der Waals surface area contributed by atoms with Gasteiger partial charge in [-0.05, 0) is 86.3 Å². The van der Waals surface area contributed by atoms with Crippen LogP contribution >= 0.6 is 0 Å². The van der Waals surface area contributed by atoms with E-state index >= 15 is 0 Å². The van der Waals surface area contributed by atoms with Crippen LogP contribution in [0.2, 0.25) is 0 Å². The Morgan fingerprint density at radius 1 is 0.850 bits per heavy atom. The van der Waals surface area contributed by atoms with Crippen LogP contribution in [0.15, 0.2) is 78.9 Å². The lowest BCUT2D eigenvalue weighted by molar-refractivity contribution is -0.123. The first kappa shape index (κ1) is 29.3. The molecule has 40 heavy (non-hydrogen) atoms. The van der Waals surface area contributed by atoms with Crippen LogP contribution in [0.3, 0.4) is 0 Å². The molecule has 3 aromatic rings. The number of aliphatic hydroxyl groups is 1. The number of ketones is 1. The van der Waals surface area contributed by atoms with Crippen LogP contribution in [0, 0.1) is 0 Å². The summed E-state index contributed by atoms with van der Waals surface area (Å²) in [7, 11) is 0. The molecule has 1 aliphatic heterocycles. The summed E-state index contributed by atoms with van der Waals surface area (Å²) < 4.78 is 5.88. The number of nitrogens with zero attached hydrogens (tertiary/aromatic N) is 1. The minimum Gasteiger partial charge on any atom is -0.508 e. The first-order valence-electron chi connectivity index (χ1n) is 14.3. The number of phenolic OH excluding ortho intramolecular Hbond substituents is 1. The minimum atomic E-state index is -0.837. The third-order valence-electron chi connectivity index (χ3n) is 7.35. The standard InChI is InChI=1S/C33H40N2O5/c36-28-17-13-26(14-18-28)31(37)11-5-2-6-12-32(38)34-30(23-35-21-7-8-22-35)33(39)27-15-19-29(20-16-27)40-24-25-9-3-1-4-10-25/h1,3-4,9-10,13-20,30,33,36,39H,2,5-8,11-12,21-24H2,(H,34,38)/t30-,33-/m1/s1. The van der Waals surface area contributed by atoms with Crippen LogP contribution < -0.4 is 10.1 Å². The monoisotopic (exact) mass is 544 g/mol. The van der Waals surface area contributed by atoms with Gasteiger partial charge in [0.25, 0.3) is 0 Å². The Kier molecular flexibility index (Phi) is 11.1. The molecule has 1 fully saturated rings. The first-order valence-corrected chi connectivity index (χ1v) is 14.3. The number of unbranched alkanes of at least 4 members (excludes halogenated alkanes) is 2. The topological polar surface area (TPSA) is 99.1 Å². The molecule has 1 aliphatic rings. The van der Waals surface area contributed by atoms with Gasteiger partial charge in [-0.1, -0.05) is 48.9 Å². The van der Waals surface area contributed by atoms with Gasteiger partial charge in [0.2, 0.25) is 5.91 Å². The normalized spacial score (nSPS) is 14.9. The molecule has 1 amide bonds. The highest BCUT2D eigenvalue weighted by atomic mass is 16.5. The van der Waals surface area contributed by atoms with Crippen molar-refractivity contribution in [1.29, 1.82) is 0 Å². The number of nitrogens with one attached hydrogen (secondary N) is 1. The van der Waals surface area contributed by atoms with E-state index < -0.39 is 12.1 Å². The van der Waals surface area contributed by atoms with E-state index in [0.717, 1.165) is 49.2 Å². The van der Waals surface area contributed by atoms with Crippen molar-refractivity contribution in [3.8, 4) is 11.5 Å². The van der Waals surface area contributed by atoms with Crippen LogP contribution in [0.25, 0.3) is 0 Å². The molecule has 3 aromatic carbocycles. The number of amides is 1. The molecule has 1 saturated heterocycles. The van der Waals surface area contributed by atoms with Gasteiger partial charge >= 0.3 is 0 Å². The Morgan fingerprint density at radius 3 is 2.23 bits per heavy atom. The maximum atomic E-state index is 12.8. The average Bonchev–Trinajstić information content (AvgIpc) is 3.49. The highest BCUT2D eigenvalue weighted by Gasteiger charge is 2.26. The van der Waals surface area contributed by atoms with Gasteiger partial charge in [-0.3, -0.25) is 9.59 Å². The molecule has 212 valence electrons. The van der Waals surface area contributed by atoms with Crippen LogP contribution in [0.4, 0.5) is 0 Å². The van der Waals surface area contributed by atoms with Gasteiger partial charge in [-0.25, -0.2) is 0 Å². The second kappa shape index (κ2) is 15.2. The van der Waals surface area contributed by atoms with Gasteiger partial charge < -0.3 is 25.2 Å². The van der Waals surface area contributed by atoms with E-state index in [1.807, 2.05) is 54.6 Å². The van der Waals surface area contributed by atoms with E-state index in [4.69, 9.17) is 4.74 Å². The molecule has 0 aliphatic carbocycles. The summed E-state index contributed by atoms with van der Waals surface area (Å²) in [5.41, 5.74) is 2.42. The van der Waals surface area contributed by atoms with E-state index in [9.17, 15) is 19.8 Å². The molecular formula is C33H40N2O5. The van der Waals surface area contributed by atoms with Crippen molar-refractivity contribution in [2.24, 2.45) is 0 Å². The third-order valence-corrected chi connectivity index (χ3v) is 7.35. The van der Waals surface area contributed by atoms with Gasteiger partial charge in [-0.2, -0.15) is 0 Å². The van der Waals surface area contributed by atoms with E-state index in [2.05, 4.69) is 10.2 Å². The number of rotatable bonds is 15. The number of hydrogen-bond acceptors (Lipinski definition) is 6. The number of hydrogen-bond donors (Lipinski definition) is 3. The number of Topliss-reactive ketones (excluding diaryl/α,β-unsaturated/α-hetero) is 1. The highest BCUT2D eigenvalue weighted by molar-refractivity contribution is 5.96. The molecule has 2 atom stereocenters. The molecule has 0 radical (unpaired) electrons. The fraction of sp³-hybridized carbons (Fsp3) is 0.394. The summed E-state index contributed by atoms with van der Waals surface area (Å²) in [6.45, 7) is 3.02. The summed E-state index contributed by atoms with van der Waals surface area (Å²) in [6.07, 6.45) is 4.33. The molecule has 0 bridgehead atoms. The summed E-state index contributed by atoms with van der Waals surface area (Å²) >= 11 is 0. The predicted molar refractivity (Wildman–Crippen MR) is 155 cm³/mol. The number of aliphatic hydroxyl groups excluding tert-OH is 1. The van der Waals surface area contributed by atoms with Crippen molar-refractivity contribution < 1.29 is 24.5 Å². The molecule has 0 spiro atoms. The molecule has 0 unspecified atom stereocenters. The number of phenols is 1. The van der Waals surface area contributed by atoms with Crippen LogP contribution in [-0.2, 0) is 11.4 Å². The maximum absolute atomic E-state index is 12.8. The van der Waals surface area contributed by atoms with Crippen molar-refractivity contribution in [3.63, 3.8) is 0 Å². The zero-order chi connectivity index (χ0) is 28.2. The molecule has 4 rings (SSSR count). The summed E-state index contributed by atoms with van der Waals surface area (Å²) in [6, 6.07) is 23.3. The van der Waals surface area contributed by atoms with Crippen molar-refractivity contribution in [2.45, 2.75) is 63.7 Å². The predicted octanol–water partition coefficient (Wildman–Crippen LogP) is 5.42. The third kappa shape index (κ3) is 9.21. The number of benzene rings is 3. The SMILES string of the molecule is O=C(CCCCCC(=O)c1ccc(O)cc1)N[C@H](CN1CCCC1)[C@H](O)c1ccc(OCc2ccccc2)cc1. The Bertz CT molecular complexity index is 1190. The number of carbonyl (C=O) groups excluding carboxylic acids is 2. The highest BCUT2D eigenvalue weighted by Crippen LogP contribution is 2.23. The molecule has 0 saturated carbocycles. The number of carbonyl (C=O) groups is 2. The smallest absolute Gasteiger partial charge is 0.220 e. The van der Waals surface area contributed by atoms with Crippen LogP contribution in [-0.4, -0.2) is 52.5 Å². The number of aromatic hydroxyl groups is 1. The van der Waals surface area contributed by atoms with Crippen molar-refractivity contribution in [3.05, 3.63) is 95.6 Å². The number of ether oxygens (including phenoxy) is 1. The summed E-state index contributed by atoms with van der Waals surface area (Å²) in [5.74, 6) is 0.815. The molecular weight excluding hydrogens is 504 g/mol. The Labute approximate surface area is 236 Å². The van der Waals surface area contributed by atoms with E-state index in [-0.39, 0.29) is 17.4 Å². The molecule has 3 N–H and O–H groups in total. The first-order chi connectivity index (χ1) is 19.5. The molecule has 0 aromatic heterocycles. The fourth-order valence-corrected chi connectivity index (χ4v) is 5.02. The van der Waals surface area contributed by atoms with Gasteiger partial charge in [0.1, 0.15) is 24.2 Å². The van der Waals surface area contributed by atoms with Gasteiger partial charge in [0.05, 0.1) is 6.04 Å². The van der Waals surface area contributed by atoms with Crippen LogP contribution in [0.5, 0.6) is 11.5 Å². The second-order valence-corrected chi connectivity index (χ2v) is 10.5. The van der Waals surface area contributed by atoms with E-state index in [0.29, 0.717) is 44.4 Å². The fourth-order valence-electron chi connectivity index (χ4n) is 5.02. The average molecular weight is 545 g/mol. The molecule has 7 nitrogen and oxygen atoms in total. The molecule has 7 heteroatoms. The largest absolute Gasteiger partial charge is 0.508 e. The Hall–Kier alpha value is -3.68. The second-order valence-electron chi connectivity index (χ2n) is 10.5. The lowest BCUT2D eigenvalue weighted by Gasteiger charge is -2.29. The lowest BCUT2D eigenvalue weighted by Crippen LogP contribution is -2.46. The zero-order valence-corrected chi connectivity index (χ0v) is 23.0. The van der Waals surface area contributed by atoms with Gasteiger partial charge in [-0.15, -0.1) is 0 Å². The van der Waals surface area contributed by atoms with Crippen molar-refractivity contribution in [2.75, 3.05) is 19.6 Å². The quantitative estimate of drug-likeness (QED) is 0.175. The maximum Gasteiger partial charge on any atom is 0.220 e. The van der Waals surface area contributed by atoms with E-state index in [1.54, 1.807) is 12.1 Å². The summed E-state index contributed by atoms with van der Waals surface area (Å²) in [5, 5.41) is 23.7. The Morgan fingerprint density at radius 2 is 1.52 bits per heavy atom. The van der Waals surface area contributed by atoms with E-state index in [1.165, 1.54) is 12.1 Å². The zero-order valence-electron chi connectivity index (χ0n) is 23.0. The number of likely N-dealkylation sites (tertiary alicyclic amines) is 1. The van der Waals surface area contributed by atoms with Crippen molar-refractivity contribution >= 4 is 11.7 Å². The lowest BCUT2D eigenvalue weighted by atomic mass is 10.0. The van der Waals surface area contributed by atoms with Crippen molar-refractivity contribution in [1.82, 2.24) is 10.2 Å². The van der Waals surface area contributed by atoms with Crippen LogP contribution in [0.1, 0.15) is 72.5 Å². The van der Waals surface area contributed by atoms with Gasteiger partial charge in [0, 0.05) is 24.9 Å². The summed E-state index contributed by atoms with van der Waals surface area (Å²) in [4.78, 5) is 27.4. The Balaban J connectivity index is 1.25. The minimum absolute atomic E-state index is 0.0368. The van der Waals surface area contributed by atoms with Gasteiger partial charge in [0.15, 0.2) is 5.78 Å². The molecule has 1 heterocycles.